The minimum Gasteiger partial charge on any atom is -0.478 e. The van der Waals surface area contributed by atoms with Crippen molar-refractivity contribution in [1.29, 1.82) is 0 Å². The lowest BCUT2D eigenvalue weighted by atomic mass is 10.1. The summed E-state index contributed by atoms with van der Waals surface area (Å²) in [6.07, 6.45) is 0. The zero-order valence-electron chi connectivity index (χ0n) is 14.5. The van der Waals surface area contributed by atoms with Gasteiger partial charge in [-0.05, 0) is 59.7 Å². The SMILES string of the molecule is O=C(O)c1cc(F)ccc1Nc1ccc2c(c1)CN(c1ccc(Cl)c(Cl)c1)C2. The van der Waals surface area contributed by atoms with E-state index in [1.165, 1.54) is 17.7 Å². The van der Waals surface area contributed by atoms with E-state index in [0.29, 0.717) is 22.3 Å². The number of anilines is 3. The highest BCUT2D eigenvalue weighted by Gasteiger charge is 2.20. The Kier molecular flexibility index (Phi) is 4.87. The molecule has 3 aromatic carbocycles. The Bertz CT molecular complexity index is 1090. The highest BCUT2D eigenvalue weighted by Crippen LogP contribution is 2.34. The van der Waals surface area contributed by atoms with E-state index in [1.54, 1.807) is 6.07 Å². The molecule has 0 fully saturated rings. The third-order valence-electron chi connectivity index (χ3n) is 4.69. The molecule has 0 saturated heterocycles. The van der Waals surface area contributed by atoms with Gasteiger partial charge in [0.05, 0.1) is 21.3 Å². The standard InChI is InChI=1S/C21H15Cl2FN2O2/c22-18-5-4-16(9-19(18)23)26-10-12-1-3-15(7-13(12)11-26)25-20-6-2-14(24)8-17(20)21(27)28/h1-9,25H,10-11H2,(H,27,28). The van der Waals surface area contributed by atoms with Crippen molar-refractivity contribution in [3.8, 4) is 0 Å². The molecule has 7 heteroatoms. The lowest BCUT2D eigenvalue weighted by Gasteiger charge is -2.18. The summed E-state index contributed by atoms with van der Waals surface area (Å²) in [5, 5.41) is 13.4. The molecule has 4 rings (SSSR count). The molecule has 0 unspecified atom stereocenters. The van der Waals surface area contributed by atoms with Gasteiger partial charge in [0.2, 0.25) is 0 Å². The molecule has 1 heterocycles. The zero-order chi connectivity index (χ0) is 19.8. The number of hydrogen-bond donors (Lipinski definition) is 2. The molecule has 4 nitrogen and oxygen atoms in total. The first-order valence-corrected chi connectivity index (χ1v) is 9.28. The van der Waals surface area contributed by atoms with E-state index in [9.17, 15) is 14.3 Å². The van der Waals surface area contributed by atoms with Crippen molar-refractivity contribution in [2.45, 2.75) is 13.1 Å². The van der Waals surface area contributed by atoms with Gasteiger partial charge >= 0.3 is 5.97 Å². The van der Waals surface area contributed by atoms with Crippen molar-refractivity contribution in [3.63, 3.8) is 0 Å². The Morgan fingerprint density at radius 1 is 0.964 bits per heavy atom. The number of nitrogens with zero attached hydrogens (tertiary/aromatic N) is 1. The number of benzene rings is 3. The zero-order valence-corrected chi connectivity index (χ0v) is 16.1. The molecule has 142 valence electrons. The fraction of sp³-hybridized carbons (Fsp3) is 0.0952. The smallest absolute Gasteiger partial charge is 0.337 e. The quantitative estimate of drug-likeness (QED) is 0.539. The van der Waals surface area contributed by atoms with Crippen LogP contribution in [0.1, 0.15) is 21.5 Å². The van der Waals surface area contributed by atoms with Gasteiger partial charge in [-0.1, -0.05) is 29.3 Å². The van der Waals surface area contributed by atoms with Crippen LogP contribution in [0.2, 0.25) is 10.0 Å². The first-order chi connectivity index (χ1) is 13.4. The van der Waals surface area contributed by atoms with Gasteiger partial charge in [0, 0.05) is 24.5 Å². The number of fused-ring (bicyclic) bond motifs is 1. The predicted molar refractivity (Wildman–Crippen MR) is 109 cm³/mol. The Morgan fingerprint density at radius 3 is 2.50 bits per heavy atom. The first kappa shape index (κ1) is 18.6. The third kappa shape index (κ3) is 3.63. The van der Waals surface area contributed by atoms with Crippen LogP contribution in [0.3, 0.4) is 0 Å². The van der Waals surface area contributed by atoms with Gasteiger partial charge in [0.15, 0.2) is 0 Å². The number of nitrogens with one attached hydrogen (secondary N) is 1. The monoisotopic (exact) mass is 416 g/mol. The summed E-state index contributed by atoms with van der Waals surface area (Å²) in [6.45, 7) is 1.43. The lowest BCUT2D eigenvalue weighted by Crippen LogP contribution is -2.14. The molecule has 0 radical (unpaired) electrons. The normalized spacial score (nSPS) is 12.8. The second-order valence-electron chi connectivity index (χ2n) is 6.56. The fourth-order valence-corrected chi connectivity index (χ4v) is 3.59. The molecule has 1 aliphatic heterocycles. The van der Waals surface area contributed by atoms with Gasteiger partial charge in [0.1, 0.15) is 5.82 Å². The maximum atomic E-state index is 13.4. The van der Waals surface area contributed by atoms with Crippen LogP contribution in [0, 0.1) is 5.82 Å². The largest absolute Gasteiger partial charge is 0.478 e. The Labute approximate surface area is 171 Å². The summed E-state index contributed by atoms with van der Waals surface area (Å²) in [5.41, 5.74) is 4.24. The molecule has 2 N–H and O–H groups in total. The molecule has 1 aliphatic rings. The van der Waals surface area contributed by atoms with E-state index >= 15 is 0 Å². The van der Waals surface area contributed by atoms with Crippen LogP contribution in [-0.2, 0) is 13.1 Å². The van der Waals surface area contributed by atoms with Crippen LogP contribution >= 0.6 is 23.2 Å². The van der Waals surface area contributed by atoms with Crippen LogP contribution < -0.4 is 10.2 Å². The van der Waals surface area contributed by atoms with Crippen LogP contribution in [-0.4, -0.2) is 11.1 Å². The van der Waals surface area contributed by atoms with Crippen LogP contribution in [0.5, 0.6) is 0 Å². The van der Waals surface area contributed by atoms with Crippen molar-refractivity contribution in [3.05, 3.63) is 87.2 Å². The van der Waals surface area contributed by atoms with Crippen molar-refractivity contribution in [1.82, 2.24) is 0 Å². The van der Waals surface area contributed by atoms with Crippen molar-refractivity contribution >= 4 is 46.2 Å². The predicted octanol–water partition coefficient (Wildman–Crippen LogP) is 6.09. The van der Waals surface area contributed by atoms with E-state index < -0.39 is 11.8 Å². The van der Waals surface area contributed by atoms with Gasteiger partial charge < -0.3 is 15.3 Å². The Balaban J connectivity index is 1.57. The van der Waals surface area contributed by atoms with E-state index in [0.717, 1.165) is 29.5 Å². The summed E-state index contributed by atoms with van der Waals surface area (Å²) >= 11 is 12.1. The third-order valence-corrected chi connectivity index (χ3v) is 5.43. The molecule has 0 bridgehead atoms. The van der Waals surface area contributed by atoms with E-state index in [1.807, 2.05) is 30.3 Å². The van der Waals surface area contributed by atoms with Gasteiger partial charge in [-0.15, -0.1) is 0 Å². The highest BCUT2D eigenvalue weighted by atomic mass is 35.5. The number of aromatic carboxylic acids is 1. The molecule has 3 aromatic rings. The number of halogens is 3. The minimum absolute atomic E-state index is 0.113. The molecule has 0 saturated carbocycles. The average Bonchev–Trinajstić information content (AvgIpc) is 3.08. The van der Waals surface area contributed by atoms with E-state index in [4.69, 9.17) is 23.2 Å². The number of rotatable bonds is 4. The lowest BCUT2D eigenvalue weighted by molar-refractivity contribution is 0.0697. The summed E-state index contributed by atoms with van der Waals surface area (Å²) in [5.74, 6) is -1.77. The highest BCUT2D eigenvalue weighted by molar-refractivity contribution is 6.42. The second-order valence-corrected chi connectivity index (χ2v) is 7.37. The first-order valence-electron chi connectivity index (χ1n) is 8.52. The van der Waals surface area contributed by atoms with Gasteiger partial charge in [0.25, 0.3) is 0 Å². The Hall–Kier alpha value is -2.76. The van der Waals surface area contributed by atoms with Gasteiger partial charge in [-0.3, -0.25) is 0 Å². The number of hydrogen-bond acceptors (Lipinski definition) is 3. The topological polar surface area (TPSA) is 52.6 Å². The molecular formula is C21H15Cl2FN2O2. The van der Waals surface area contributed by atoms with Crippen LogP contribution in [0.4, 0.5) is 21.5 Å². The maximum Gasteiger partial charge on any atom is 0.337 e. The fourth-order valence-electron chi connectivity index (χ4n) is 3.29. The van der Waals surface area contributed by atoms with Crippen LogP contribution in [0.15, 0.2) is 54.6 Å². The summed E-state index contributed by atoms with van der Waals surface area (Å²) in [7, 11) is 0. The number of carboxylic acids is 1. The summed E-state index contributed by atoms with van der Waals surface area (Å²) < 4.78 is 13.4. The van der Waals surface area contributed by atoms with E-state index in [2.05, 4.69) is 10.2 Å². The molecule has 28 heavy (non-hydrogen) atoms. The molecule has 0 aliphatic carbocycles. The summed E-state index contributed by atoms with van der Waals surface area (Å²) in [4.78, 5) is 13.5. The van der Waals surface area contributed by atoms with E-state index in [-0.39, 0.29) is 5.56 Å². The van der Waals surface area contributed by atoms with Crippen molar-refractivity contribution in [2.75, 3.05) is 10.2 Å². The molecule has 0 aromatic heterocycles. The molecule has 0 spiro atoms. The minimum atomic E-state index is -1.19. The van der Waals surface area contributed by atoms with Crippen molar-refractivity contribution in [2.24, 2.45) is 0 Å². The van der Waals surface area contributed by atoms with Gasteiger partial charge in [-0.2, -0.15) is 0 Å². The van der Waals surface area contributed by atoms with Gasteiger partial charge in [-0.25, -0.2) is 9.18 Å². The molecule has 0 amide bonds. The molecular weight excluding hydrogens is 402 g/mol. The maximum absolute atomic E-state index is 13.4. The average molecular weight is 417 g/mol. The summed E-state index contributed by atoms with van der Waals surface area (Å²) in [6, 6.07) is 15.1. The number of carbonyl (C=O) groups is 1. The van der Waals surface area contributed by atoms with Crippen molar-refractivity contribution < 1.29 is 14.3 Å². The second kappa shape index (κ2) is 7.34. The molecule has 0 atom stereocenters. The number of carboxylic acid groups (broad SMARTS) is 1. The Morgan fingerprint density at radius 2 is 1.75 bits per heavy atom. The van der Waals surface area contributed by atoms with Crippen LogP contribution in [0.25, 0.3) is 0 Å².